The summed E-state index contributed by atoms with van der Waals surface area (Å²) in [6.45, 7) is 10.6. The monoisotopic (exact) mass is 541 g/mol. The highest BCUT2D eigenvalue weighted by atomic mass is 16.5. The molecule has 0 spiro atoms. The maximum Gasteiger partial charge on any atom is 0.251 e. The van der Waals surface area contributed by atoms with E-state index in [1.54, 1.807) is 0 Å². The minimum Gasteiger partial charge on any atom is -0.491 e. The second-order valence-electron chi connectivity index (χ2n) is 11.2. The molecule has 0 atom stereocenters. The highest BCUT2D eigenvalue weighted by Gasteiger charge is 2.15. The van der Waals surface area contributed by atoms with E-state index in [0.29, 0.717) is 44.4 Å². The van der Waals surface area contributed by atoms with Crippen LogP contribution in [0.1, 0.15) is 65.7 Å². The first-order valence-electron chi connectivity index (χ1n) is 14.8. The molecule has 1 N–H and O–H groups in total. The quantitative estimate of drug-likeness (QED) is 0.441. The lowest BCUT2D eigenvalue weighted by molar-refractivity contribution is 0.0695. The van der Waals surface area contributed by atoms with Crippen molar-refractivity contribution in [2.24, 2.45) is 0 Å². The zero-order valence-corrected chi connectivity index (χ0v) is 24.0. The maximum atomic E-state index is 13.2. The van der Waals surface area contributed by atoms with Crippen LogP contribution in [-0.2, 0) is 24.2 Å². The topological polar surface area (TPSA) is 54.0 Å². The molecule has 3 aromatic rings. The summed E-state index contributed by atoms with van der Waals surface area (Å²) in [4.78, 5) is 18.1. The van der Waals surface area contributed by atoms with E-state index in [1.807, 2.05) is 18.2 Å². The summed E-state index contributed by atoms with van der Waals surface area (Å²) < 4.78 is 12.0. The van der Waals surface area contributed by atoms with Crippen molar-refractivity contribution < 1.29 is 14.3 Å². The molecular weight excluding hydrogens is 498 g/mol. The second kappa shape index (κ2) is 13.8. The summed E-state index contributed by atoms with van der Waals surface area (Å²) in [6, 6.07) is 23.5. The Bertz CT molecular complexity index is 1270. The molecule has 3 aromatic carbocycles. The Labute approximate surface area is 239 Å². The van der Waals surface area contributed by atoms with E-state index in [1.165, 1.54) is 36.1 Å². The van der Waals surface area contributed by atoms with Crippen molar-refractivity contribution in [3.63, 3.8) is 0 Å². The summed E-state index contributed by atoms with van der Waals surface area (Å²) in [6.07, 6.45) is 4.51. The van der Waals surface area contributed by atoms with Gasteiger partial charge in [-0.3, -0.25) is 9.69 Å². The maximum absolute atomic E-state index is 13.2. The molecule has 2 heterocycles. The highest BCUT2D eigenvalue weighted by molar-refractivity contribution is 5.94. The van der Waals surface area contributed by atoms with Gasteiger partial charge in [-0.25, -0.2) is 0 Å². The molecule has 6 nitrogen and oxygen atoms in total. The minimum absolute atomic E-state index is 0.0739. The van der Waals surface area contributed by atoms with Gasteiger partial charge >= 0.3 is 0 Å². The molecule has 2 aliphatic rings. The number of hydrogen-bond acceptors (Lipinski definition) is 5. The molecule has 6 heteroatoms. The van der Waals surface area contributed by atoms with Crippen LogP contribution in [0.2, 0.25) is 0 Å². The number of ether oxygens (including phenoxy) is 2. The van der Waals surface area contributed by atoms with Crippen LogP contribution in [0.15, 0.2) is 66.7 Å². The van der Waals surface area contributed by atoms with Gasteiger partial charge in [0.25, 0.3) is 5.91 Å². The van der Waals surface area contributed by atoms with Gasteiger partial charge < -0.3 is 19.7 Å². The van der Waals surface area contributed by atoms with Crippen molar-refractivity contribution >= 4 is 11.6 Å². The number of amides is 1. The van der Waals surface area contributed by atoms with E-state index >= 15 is 0 Å². The van der Waals surface area contributed by atoms with Crippen LogP contribution >= 0.6 is 0 Å². The number of fused-ring (bicyclic) bond motifs is 3. The summed E-state index contributed by atoms with van der Waals surface area (Å²) >= 11 is 0. The van der Waals surface area contributed by atoms with Crippen molar-refractivity contribution in [2.45, 2.75) is 58.7 Å². The Hall–Kier alpha value is -3.35. The van der Waals surface area contributed by atoms with Gasteiger partial charge in [0.1, 0.15) is 12.4 Å². The molecule has 2 aliphatic heterocycles. The van der Waals surface area contributed by atoms with E-state index in [0.717, 1.165) is 43.1 Å². The van der Waals surface area contributed by atoms with Crippen molar-refractivity contribution in [2.75, 3.05) is 44.4 Å². The summed E-state index contributed by atoms with van der Waals surface area (Å²) in [5, 5.41) is 3.13. The summed E-state index contributed by atoms with van der Waals surface area (Å²) in [5.74, 6) is 0.732. The summed E-state index contributed by atoms with van der Waals surface area (Å²) in [7, 11) is 0. The third kappa shape index (κ3) is 7.64. The zero-order chi connectivity index (χ0) is 27.7. The predicted octanol–water partition coefficient (Wildman–Crippen LogP) is 5.82. The number of nitrogens with one attached hydrogen (secondary N) is 1. The molecule has 0 radical (unpaired) electrons. The number of nitrogens with zero attached hydrogens (tertiary/aromatic N) is 2. The molecule has 212 valence electrons. The number of carbonyl (C=O) groups is 1. The normalized spacial score (nSPS) is 17.0. The van der Waals surface area contributed by atoms with Crippen LogP contribution in [-0.4, -0.2) is 56.3 Å². The van der Waals surface area contributed by atoms with Gasteiger partial charge in [0.2, 0.25) is 0 Å². The standard InChI is InChI=1S/C34H43N3O3/c1-26(2)37-16-17-39-18-19-40-33-13-12-30(23-31(33)21-27-8-6-10-29(20-27)25-37)34(38)35-24-28-9-7-11-32(22-28)36-14-4-3-5-15-36/h6-13,20,22-23,26H,3-5,14-19,21,24-25H2,1-2H3,(H,35,38). The van der Waals surface area contributed by atoms with Crippen molar-refractivity contribution in [3.05, 3.63) is 94.5 Å². The van der Waals surface area contributed by atoms with Crippen LogP contribution in [0.4, 0.5) is 5.69 Å². The molecule has 40 heavy (non-hydrogen) atoms. The third-order valence-electron chi connectivity index (χ3n) is 7.92. The Kier molecular flexibility index (Phi) is 9.74. The number of carbonyl (C=O) groups excluding carboxylic acids is 1. The van der Waals surface area contributed by atoms with Gasteiger partial charge in [0, 0.05) is 56.4 Å². The van der Waals surface area contributed by atoms with Gasteiger partial charge in [-0.15, -0.1) is 0 Å². The number of benzene rings is 3. The van der Waals surface area contributed by atoms with Crippen molar-refractivity contribution in [1.29, 1.82) is 0 Å². The van der Waals surface area contributed by atoms with Crippen LogP contribution in [0, 0.1) is 0 Å². The zero-order valence-electron chi connectivity index (χ0n) is 24.0. The van der Waals surface area contributed by atoms with Crippen molar-refractivity contribution in [1.82, 2.24) is 10.2 Å². The van der Waals surface area contributed by atoms with Gasteiger partial charge in [-0.1, -0.05) is 36.4 Å². The average molecular weight is 542 g/mol. The van der Waals surface area contributed by atoms with Crippen LogP contribution in [0.25, 0.3) is 0 Å². The number of hydrogen-bond donors (Lipinski definition) is 1. The van der Waals surface area contributed by atoms with Gasteiger partial charge in [-0.05, 0) is 85.7 Å². The van der Waals surface area contributed by atoms with E-state index in [9.17, 15) is 4.79 Å². The van der Waals surface area contributed by atoms with E-state index in [4.69, 9.17) is 9.47 Å². The molecule has 0 unspecified atom stereocenters. The van der Waals surface area contributed by atoms with Gasteiger partial charge in [0.15, 0.2) is 0 Å². The Morgan fingerprint density at radius 1 is 0.875 bits per heavy atom. The second-order valence-corrected chi connectivity index (χ2v) is 11.2. The Morgan fingerprint density at radius 2 is 1.70 bits per heavy atom. The Morgan fingerprint density at radius 3 is 2.55 bits per heavy atom. The van der Waals surface area contributed by atoms with E-state index in [2.05, 4.69) is 77.5 Å². The summed E-state index contributed by atoms with van der Waals surface area (Å²) in [5.41, 5.74) is 6.52. The number of rotatable bonds is 5. The largest absolute Gasteiger partial charge is 0.491 e. The number of piperidine rings is 1. The van der Waals surface area contributed by atoms with Gasteiger partial charge in [-0.2, -0.15) is 0 Å². The van der Waals surface area contributed by atoms with Crippen LogP contribution in [0.5, 0.6) is 5.75 Å². The molecular formula is C34H43N3O3. The molecule has 1 fully saturated rings. The molecule has 2 bridgehead atoms. The smallest absolute Gasteiger partial charge is 0.251 e. The van der Waals surface area contributed by atoms with Crippen LogP contribution < -0.4 is 15.0 Å². The van der Waals surface area contributed by atoms with E-state index in [-0.39, 0.29) is 5.91 Å². The molecule has 0 aromatic heterocycles. The lowest BCUT2D eigenvalue weighted by atomic mass is 9.99. The minimum atomic E-state index is -0.0739. The SMILES string of the molecule is CC(C)N1CCOCCOc2ccc(C(=O)NCc3cccc(N4CCCCC4)c3)cc2Cc2cccc(c2)C1. The molecule has 0 aliphatic carbocycles. The van der Waals surface area contributed by atoms with Crippen LogP contribution in [0.3, 0.4) is 0 Å². The molecule has 1 saturated heterocycles. The predicted molar refractivity (Wildman–Crippen MR) is 161 cm³/mol. The fraction of sp³-hybridized carbons (Fsp3) is 0.441. The fourth-order valence-electron chi connectivity index (χ4n) is 5.61. The lowest BCUT2D eigenvalue weighted by Crippen LogP contribution is -2.33. The molecule has 1 amide bonds. The van der Waals surface area contributed by atoms with E-state index < -0.39 is 0 Å². The average Bonchev–Trinajstić information content (AvgIpc) is 2.98. The third-order valence-corrected chi connectivity index (χ3v) is 7.92. The highest BCUT2D eigenvalue weighted by Crippen LogP contribution is 2.25. The molecule has 0 saturated carbocycles. The molecule has 5 rings (SSSR count). The first kappa shape index (κ1) is 28.2. The van der Waals surface area contributed by atoms with Crippen molar-refractivity contribution in [3.8, 4) is 5.75 Å². The van der Waals surface area contributed by atoms with Gasteiger partial charge in [0.05, 0.1) is 13.2 Å². The number of anilines is 1. The first-order valence-corrected chi connectivity index (χ1v) is 14.8. The fourth-order valence-corrected chi connectivity index (χ4v) is 5.61. The first-order chi connectivity index (χ1) is 19.5. The lowest BCUT2D eigenvalue weighted by Gasteiger charge is -2.29. The Balaban J connectivity index is 1.30.